The van der Waals surface area contributed by atoms with Gasteiger partial charge in [-0.3, -0.25) is 4.79 Å². The van der Waals surface area contributed by atoms with Gasteiger partial charge in [0, 0.05) is 5.56 Å². The zero-order valence-corrected chi connectivity index (χ0v) is 14.4. The summed E-state index contributed by atoms with van der Waals surface area (Å²) in [5.74, 6) is 0.848. The molecule has 0 atom stereocenters. The van der Waals surface area contributed by atoms with Gasteiger partial charge in [-0.2, -0.15) is 0 Å². The molecule has 2 nitrogen and oxygen atoms in total. The minimum Gasteiger partial charge on any atom is -0.493 e. The molecular weight excluding hydrogens is 272 g/mol. The average Bonchev–Trinajstić information content (AvgIpc) is 2.54. The van der Waals surface area contributed by atoms with Gasteiger partial charge in [0.15, 0.2) is 0 Å². The van der Waals surface area contributed by atoms with Crippen molar-refractivity contribution < 1.29 is 9.53 Å². The Hall–Kier alpha value is -1.31. The normalized spacial score (nSPS) is 10.6. The van der Waals surface area contributed by atoms with Crippen molar-refractivity contribution in [2.45, 2.75) is 78.1 Å². The van der Waals surface area contributed by atoms with E-state index in [9.17, 15) is 4.79 Å². The fourth-order valence-corrected chi connectivity index (χ4v) is 2.62. The van der Waals surface area contributed by atoms with E-state index in [0.717, 1.165) is 30.6 Å². The molecule has 0 aliphatic rings. The number of unbranched alkanes of at least 4 members (excludes halogenated alkanes) is 9. The SMILES string of the molecule is CCCCCCCCCCCCOc1cc(C=O)ccc1C. The van der Waals surface area contributed by atoms with Crippen molar-refractivity contribution in [2.75, 3.05) is 6.61 Å². The zero-order valence-electron chi connectivity index (χ0n) is 14.4. The van der Waals surface area contributed by atoms with Crippen molar-refractivity contribution in [1.29, 1.82) is 0 Å². The molecule has 1 rings (SSSR count). The summed E-state index contributed by atoms with van der Waals surface area (Å²) < 4.78 is 5.79. The van der Waals surface area contributed by atoms with E-state index in [0.29, 0.717) is 5.56 Å². The Kier molecular flexibility index (Phi) is 10.4. The maximum absolute atomic E-state index is 10.8. The van der Waals surface area contributed by atoms with Crippen molar-refractivity contribution in [2.24, 2.45) is 0 Å². The van der Waals surface area contributed by atoms with Gasteiger partial charge in [0.2, 0.25) is 0 Å². The molecule has 0 amide bonds. The summed E-state index contributed by atoms with van der Waals surface area (Å²) in [4.78, 5) is 10.8. The van der Waals surface area contributed by atoms with Gasteiger partial charge >= 0.3 is 0 Å². The monoisotopic (exact) mass is 304 g/mol. The van der Waals surface area contributed by atoms with Crippen molar-refractivity contribution in [3.05, 3.63) is 29.3 Å². The number of benzene rings is 1. The summed E-state index contributed by atoms with van der Waals surface area (Å²) in [5, 5.41) is 0. The third-order valence-corrected chi connectivity index (χ3v) is 4.10. The molecule has 0 unspecified atom stereocenters. The van der Waals surface area contributed by atoms with E-state index in [1.807, 2.05) is 25.1 Å². The molecule has 0 saturated heterocycles. The molecule has 0 bridgehead atoms. The lowest BCUT2D eigenvalue weighted by Crippen LogP contribution is -1.99. The summed E-state index contributed by atoms with van der Waals surface area (Å²) in [6, 6.07) is 5.60. The van der Waals surface area contributed by atoms with Crippen LogP contribution in [0.2, 0.25) is 0 Å². The second-order valence-corrected chi connectivity index (χ2v) is 6.17. The van der Waals surface area contributed by atoms with Gasteiger partial charge in [0.05, 0.1) is 6.61 Å². The third-order valence-electron chi connectivity index (χ3n) is 4.10. The first-order chi connectivity index (χ1) is 10.8. The number of ether oxygens (including phenoxy) is 1. The molecule has 1 aromatic rings. The molecule has 0 heterocycles. The van der Waals surface area contributed by atoms with Crippen LogP contribution in [0.5, 0.6) is 5.75 Å². The Bertz CT molecular complexity index is 412. The summed E-state index contributed by atoms with van der Waals surface area (Å²) in [6.07, 6.45) is 14.2. The minimum atomic E-state index is 0.684. The second kappa shape index (κ2) is 12.3. The van der Waals surface area contributed by atoms with E-state index in [4.69, 9.17) is 4.74 Å². The van der Waals surface area contributed by atoms with Crippen LogP contribution >= 0.6 is 0 Å². The summed E-state index contributed by atoms with van der Waals surface area (Å²) in [7, 11) is 0. The van der Waals surface area contributed by atoms with Crippen LogP contribution in [0.3, 0.4) is 0 Å². The highest BCUT2D eigenvalue weighted by Gasteiger charge is 2.01. The van der Waals surface area contributed by atoms with Crippen LogP contribution in [0, 0.1) is 6.92 Å². The molecule has 2 heteroatoms. The second-order valence-electron chi connectivity index (χ2n) is 6.17. The topological polar surface area (TPSA) is 26.3 Å². The molecular formula is C20H32O2. The van der Waals surface area contributed by atoms with Crippen LogP contribution < -0.4 is 4.74 Å². The molecule has 124 valence electrons. The first-order valence-electron chi connectivity index (χ1n) is 8.96. The highest BCUT2D eigenvalue weighted by Crippen LogP contribution is 2.19. The van der Waals surface area contributed by atoms with Gasteiger partial charge in [-0.25, -0.2) is 0 Å². The quantitative estimate of drug-likeness (QED) is 0.325. The summed E-state index contributed by atoms with van der Waals surface area (Å²) in [6.45, 7) is 5.03. The van der Waals surface area contributed by atoms with Crippen molar-refractivity contribution in [3.63, 3.8) is 0 Å². The van der Waals surface area contributed by atoms with E-state index in [1.54, 1.807) is 0 Å². The van der Waals surface area contributed by atoms with Crippen LogP contribution in [0.4, 0.5) is 0 Å². The maximum Gasteiger partial charge on any atom is 0.150 e. The molecule has 0 radical (unpaired) electrons. The van der Waals surface area contributed by atoms with Crippen LogP contribution in [-0.4, -0.2) is 12.9 Å². The van der Waals surface area contributed by atoms with Crippen LogP contribution in [-0.2, 0) is 0 Å². The van der Waals surface area contributed by atoms with Crippen LogP contribution in [0.25, 0.3) is 0 Å². The van der Waals surface area contributed by atoms with E-state index in [2.05, 4.69) is 6.92 Å². The molecule has 0 N–H and O–H groups in total. The van der Waals surface area contributed by atoms with Gasteiger partial charge in [-0.15, -0.1) is 0 Å². The average molecular weight is 304 g/mol. The Labute approximate surface area is 136 Å². The molecule has 0 spiro atoms. The Morgan fingerprint density at radius 3 is 2.09 bits per heavy atom. The minimum absolute atomic E-state index is 0.684. The Morgan fingerprint density at radius 2 is 1.50 bits per heavy atom. The molecule has 22 heavy (non-hydrogen) atoms. The van der Waals surface area contributed by atoms with Crippen molar-refractivity contribution in [1.82, 2.24) is 0 Å². The number of aryl methyl sites for hydroxylation is 1. The van der Waals surface area contributed by atoms with Gasteiger partial charge in [-0.05, 0) is 25.0 Å². The maximum atomic E-state index is 10.8. The van der Waals surface area contributed by atoms with Gasteiger partial charge in [0.1, 0.15) is 12.0 Å². The molecule has 0 aromatic heterocycles. The largest absolute Gasteiger partial charge is 0.493 e. The fraction of sp³-hybridized carbons (Fsp3) is 0.650. The Morgan fingerprint density at radius 1 is 0.909 bits per heavy atom. The predicted molar refractivity (Wildman–Crippen MR) is 93.9 cm³/mol. The van der Waals surface area contributed by atoms with E-state index < -0.39 is 0 Å². The van der Waals surface area contributed by atoms with Crippen LogP contribution in [0.1, 0.15) is 87.1 Å². The lowest BCUT2D eigenvalue weighted by Gasteiger charge is -2.09. The van der Waals surface area contributed by atoms with Gasteiger partial charge in [-0.1, -0.05) is 76.8 Å². The smallest absolute Gasteiger partial charge is 0.150 e. The van der Waals surface area contributed by atoms with Gasteiger partial charge in [0.25, 0.3) is 0 Å². The van der Waals surface area contributed by atoms with E-state index in [-0.39, 0.29) is 0 Å². The predicted octanol–water partition coefficient (Wildman–Crippen LogP) is 6.11. The van der Waals surface area contributed by atoms with E-state index >= 15 is 0 Å². The number of rotatable bonds is 13. The van der Waals surface area contributed by atoms with Crippen LogP contribution in [0.15, 0.2) is 18.2 Å². The number of hydrogen-bond acceptors (Lipinski definition) is 2. The first kappa shape index (κ1) is 18.7. The standard InChI is InChI=1S/C20H32O2/c1-3-4-5-6-7-8-9-10-11-12-15-22-20-16-19(17-21)14-13-18(20)2/h13-14,16-17H,3-12,15H2,1-2H3. The molecule has 1 aromatic carbocycles. The van der Waals surface area contributed by atoms with E-state index in [1.165, 1.54) is 57.8 Å². The molecule has 0 fully saturated rings. The zero-order chi connectivity index (χ0) is 16.0. The summed E-state index contributed by atoms with van der Waals surface area (Å²) >= 11 is 0. The number of aldehydes is 1. The Balaban J connectivity index is 2.00. The number of carbonyl (C=O) groups is 1. The first-order valence-corrected chi connectivity index (χ1v) is 8.96. The summed E-state index contributed by atoms with van der Waals surface area (Å²) in [5.41, 5.74) is 1.78. The lowest BCUT2D eigenvalue weighted by molar-refractivity contribution is 0.112. The molecule has 0 aliphatic carbocycles. The lowest BCUT2D eigenvalue weighted by atomic mass is 10.1. The number of hydrogen-bond donors (Lipinski definition) is 0. The van der Waals surface area contributed by atoms with Crippen molar-refractivity contribution >= 4 is 6.29 Å². The van der Waals surface area contributed by atoms with Gasteiger partial charge < -0.3 is 4.74 Å². The highest BCUT2D eigenvalue weighted by molar-refractivity contribution is 5.75. The highest BCUT2D eigenvalue weighted by atomic mass is 16.5. The van der Waals surface area contributed by atoms with Crippen molar-refractivity contribution in [3.8, 4) is 5.75 Å². The molecule has 0 aliphatic heterocycles. The number of carbonyl (C=O) groups excluding carboxylic acids is 1. The third kappa shape index (κ3) is 8.21. The fourth-order valence-electron chi connectivity index (χ4n) is 2.62. The molecule has 0 saturated carbocycles.